The summed E-state index contributed by atoms with van der Waals surface area (Å²) in [6.45, 7) is 7.34. The summed E-state index contributed by atoms with van der Waals surface area (Å²) >= 11 is 23.2. The zero-order valence-corrected chi connectivity index (χ0v) is 54.1. The molecule has 0 radical (unpaired) electrons. The lowest BCUT2D eigenvalue weighted by atomic mass is 10.3. The van der Waals surface area contributed by atoms with E-state index in [-0.39, 0.29) is 50.0 Å². The van der Waals surface area contributed by atoms with Gasteiger partial charge in [0.05, 0.1) is 58.4 Å². The van der Waals surface area contributed by atoms with Crippen LogP contribution in [0.4, 0.5) is 55.3 Å². The summed E-state index contributed by atoms with van der Waals surface area (Å²) in [4.78, 5) is 48.1. The Morgan fingerprint density at radius 1 is 0.406 bits per heavy atom. The number of anilines is 5. The van der Waals surface area contributed by atoms with E-state index in [0.29, 0.717) is 34.4 Å². The van der Waals surface area contributed by atoms with E-state index in [1.165, 1.54) is 4.57 Å². The van der Waals surface area contributed by atoms with Crippen molar-refractivity contribution in [2.45, 2.75) is 27.7 Å². The van der Waals surface area contributed by atoms with Crippen LogP contribution in [0.3, 0.4) is 0 Å². The average molecular weight is 1400 g/mol. The van der Waals surface area contributed by atoms with Gasteiger partial charge in [-0.2, -0.15) is 66.2 Å². The zero-order valence-electron chi connectivity index (χ0n) is 51.1. The van der Waals surface area contributed by atoms with Gasteiger partial charge < -0.3 is 48.6 Å². The molecule has 24 nitrogen and oxygen atoms in total. The highest BCUT2D eigenvalue weighted by Crippen LogP contribution is 2.32. The quantitative estimate of drug-likeness (QED) is 0.0373. The van der Waals surface area contributed by atoms with Crippen molar-refractivity contribution in [3.63, 3.8) is 0 Å². The number of methoxy groups -OCH3 is 2. The Morgan fingerprint density at radius 2 is 0.771 bits per heavy atom. The molecule has 0 aliphatic heterocycles. The molecule has 0 bridgehead atoms. The van der Waals surface area contributed by atoms with Crippen molar-refractivity contribution in [1.82, 2.24) is 84.6 Å². The van der Waals surface area contributed by atoms with Gasteiger partial charge in [0.15, 0.2) is 28.3 Å². The molecule has 96 heavy (non-hydrogen) atoms. The third kappa shape index (κ3) is 17.0. The first-order valence-corrected chi connectivity index (χ1v) is 28.8. The smallest absolute Gasteiger partial charge is 0.314 e. The Labute approximate surface area is 561 Å². The van der Waals surface area contributed by atoms with Crippen LogP contribution in [-0.4, -0.2) is 98.2 Å². The largest absolute Gasteiger partial charge is 0.497 e. The fourth-order valence-electron chi connectivity index (χ4n) is 8.86. The summed E-state index contributed by atoms with van der Waals surface area (Å²) < 4.78 is 91.0. The second-order valence-electron chi connectivity index (χ2n) is 19.3. The number of nitrogens with two attached hydrogens (primary N) is 3. The van der Waals surface area contributed by atoms with Crippen LogP contribution in [0.2, 0.25) is 20.1 Å². The topological polar surface area (TPSA) is 360 Å². The van der Waals surface area contributed by atoms with Crippen molar-refractivity contribution in [3.8, 4) is 29.0 Å². The van der Waals surface area contributed by atoms with Crippen molar-refractivity contribution < 1.29 is 41.3 Å². The van der Waals surface area contributed by atoms with Gasteiger partial charge in [0.25, 0.3) is 0 Å². The molecular weight excluding hydrogens is 1340 g/mol. The monoisotopic (exact) mass is 1400 g/mol. The van der Waals surface area contributed by atoms with Crippen LogP contribution in [-0.2, 0) is 0 Å². The Hall–Kier alpha value is -11.0. The molecule has 0 fully saturated rings. The first kappa shape index (κ1) is 72.4. The van der Waals surface area contributed by atoms with Gasteiger partial charge in [0, 0.05) is 11.4 Å². The van der Waals surface area contributed by atoms with Gasteiger partial charge in [-0.15, -0.1) is 0 Å². The first-order valence-electron chi connectivity index (χ1n) is 27.3. The molecule has 0 amide bonds. The zero-order chi connectivity index (χ0) is 67.5. The third-order valence-electron chi connectivity index (χ3n) is 13.0. The number of fused-ring (bicyclic) bond motifs is 4. The number of rotatable bonds is 7. The van der Waals surface area contributed by atoms with Crippen molar-refractivity contribution in [1.29, 1.82) is 0 Å². The van der Waals surface area contributed by atoms with Gasteiger partial charge in [-0.05, 0) is 125 Å². The number of benzene rings is 6. The lowest BCUT2D eigenvalue weighted by Crippen LogP contribution is -2.08. The number of nitrogens with zero attached hydrogens (tertiary/aromatic N) is 15. The Morgan fingerprint density at radius 3 is 1.22 bits per heavy atom. The fraction of sp³-hybridized carbons (Fsp3) is 0.0968. The van der Waals surface area contributed by atoms with E-state index in [1.807, 2.05) is 134 Å². The number of nitrogens with one attached hydrogen (secondary N) is 2. The van der Waals surface area contributed by atoms with Crippen LogP contribution < -0.4 is 38.1 Å². The van der Waals surface area contributed by atoms with E-state index in [2.05, 4.69) is 70.1 Å². The first-order chi connectivity index (χ1) is 45.0. The molecule has 6 aromatic carbocycles. The molecule has 0 unspecified atom stereocenters. The number of halogens is 10. The van der Waals surface area contributed by atoms with E-state index < -0.39 is 41.1 Å². The molecule has 8 heterocycles. The maximum atomic E-state index is 13.4. The molecule has 13 N–H and O–H groups in total. The number of H-pyrrole nitrogens is 1. The minimum absolute atomic E-state index is 0. The highest BCUT2D eigenvalue weighted by atomic mass is 35.5. The Kier molecular flexibility index (Phi) is 24.3. The van der Waals surface area contributed by atoms with E-state index >= 15 is 0 Å². The summed E-state index contributed by atoms with van der Waals surface area (Å²) in [5.41, 5.74) is 25.4. The number of aromatic nitrogens is 16. The van der Waals surface area contributed by atoms with Crippen molar-refractivity contribution in [2.75, 3.05) is 36.7 Å². The summed E-state index contributed by atoms with van der Waals surface area (Å²) in [5.74, 6) is 1.66. The molecule has 0 atom stereocenters. The second-order valence-corrected chi connectivity index (χ2v) is 20.8. The highest BCUT2D eigenvalue weighted by Gasteiger charge is 2.21. The SMILES string of the molecule is COc1ccc(N)cc1.COc1ccc(Nc2nc(N)c(Cl)c(-n3c(C)nc4ccccc43)n2)cc1.Cc1nc2ccccc2[nH]1.Cc1nc2ccccc2n1-c1nc(F)nc(F)c1Cl.Cc1nc2ccccc2n1-c1nc(F)nc(N)c1Cl.Fc1nc(F)c(Cl)c(F)n1.N.O. The highest BCUT2D eigenvalue weighted by molar-refractivity contribution is 6.35. The van der Waals surface area contributed by atoms with Gasteiger partial charge in [-0.1, -0.05) is 94.9 Å². The number of hydrogen-bond acceptors (Lipinski definition) is 19. The molecular formula is C62H55Cl4F6N21O3. The van der Waals surface area contributed by atoms with Crippen LogP contribution in [0.1, 0.15) is 23.3 Å². The van der Waals surface area contributed by atoms with Crippen molar-refractivity contribution >= 4 is 119 Å². The van der Waals surface area contributed by atoms with Crippen LogP contribution in [0, 0.1) is 63.8 Å². The van der Waals surface area contributed by atoms with E-state index in [1.54, 1.807) is 63.0 Å². The van der Waals surface area contributed by atoms with Crippen LogP contribution in [0.25, 0.3) is 61.6 Å². The molecule has 8 aromatic heterocycles. The molecule has 0 aliphatic carbocycles. The normalized spacial score (nSPS) is 10.5. The molecule has 0 saturated heterocycles. The second kappa shape index (κ2) is 32.2. The summed E-state index contributed by atoms with van der Waals surface area (Å²) in [5, 5.41) is 2.28. The number of aromatic amines is 1. The fourth-order valence-corrected chi connectivity index (χ4v) is 9.45. The van der Waals surface area contributed by atoms with Crippen LogP contribution in [0.15, 0.2) is 146 Å². The molecule has 34 heteroatoms. The minimum Gasteiger partial charge on any atom is -0.497 e. The molecule has 0 saturated carbocycles. The lowest BCUT2D eigenvalue weighted by molar-refractivity contribution is 0.415. The van der Waals surface area contributed by atoms with Crippen LogP contribution >= 0.6 is 46.4 Å². The van der Waals surface area contributed by atoms with Crippen molar-refractivity contribution in [2.24, 2.45) is 0 Å². The average Bonchev–Trinajstić information content (AvgIpc) is 1.68. The number of ether oxygens (including phenoxy) is 2. The predicted octanol–water partition coefficient (Wildman–Crippen LogP) is 13.7. The van der Waals surface area contributed by atoms with Gasteiger partial charge in [-0.3, -0.25) is 13.7 Å². The van der Waals surface area contributed by atoms with E-state index in [4.69, 9.17) is 73.1 Å². The molecule has 14 rings (SSSR count). The number of aryl methyl sites for hydroxylation is 4. The number of hydrogen-bond donors (Lipinski definition) is 6. The van der Waals surface area contributed by atoms with Crippen molar-refractivity contribution in [3.05, 3.63) is 225 Å². The van der Waals surface area contributed by atoms with Gasteiger partial charge in [0.1, 0.15) is 55.7 Å². The maximum Gasteiger partial charge on any atom is 0.314 e. The number of nitrogen functional groups attached to an aromatic ring is 3. The summed E-state index contributed by atoms with van der Waals surface area (Å²) in [7, 11) is 3.25. The maximum absolute atomic E-state index is 13.4. The molecule has 496 valence electrons. The Bertz CT molecular complexity index is 4820. The lowest BCUT2D eigenvalue weighted by Gasteiger charge is -2.13. The van der Waals surface area contributed by atoms with Gasteiger partial charge in [0.2, 0.25) is 23.8 Å². The van der Waals surface area contributed by atoms with Crippen LogP contribution in [0.5, 0.6) is 11.5 Å². The Balaban J connectivity index is 0.000000169. The number of imidazole rings is 4. The minimum atomic E-state index is -1.47. The van der Waals surface area contributed by atoms with Gasteiger partial charge in [-0.25, -0.2) is 19.9 Å². The van der Waals surface area contributed by atoms with E-state index in [9.17, 15) is 26.3 Å². The molecule has 0 aliphatic rings. The molecule has 14 aromatic rings. The third-order valence-corrected chi connectivity index (χ3v) is 14.4. The molecule has 0 spiro atoms. The van der Waals surface area contributed by atoms with E-state index in [0.717, 1.165) is 67.6 Å². The number of para-hydroxylation sites is 8. The van der Waals surface area contributed by atoms with Gasteiger partial charge >= 0.3 is 18.2 Å². The summed E-state index contributed by atoms with van der Waals surface area (Å²) in [6.07, 6.45) is -3.57. The standard InChI is InChI=1S/C19H17ClN6O.C12H7ClF2N4.C12H9ClFN5.C8H8N2.C7H9NO.C4ClF3N2.H3N.H2O/c1-11-22-14-5-3-4-6-15(14)26(11)18-16(20)17(21)24-19(25-18)23-12-7-9-13(27-2)10-8-12;1-6-16-7-4-2-3-5-8(7)19(6)11-9(13)10(14)17-12(15)18-11;1-6-16-7-4-2-3-5-8(7)19(6)11-9(13)10(15)17-12(14)18-11;1-6-9-7-4-2-3-5-8(7)10-6;1-9-7-4-2-6(8)3-5-7;5-1-2(6)9-4(8)10-3(1)7;;/h3-10H,1-2H3,(H3,21,23,24,25);2-5H,1H3;2-5H,1H3,(H2,15,17,18);2-5H,1H3,(H,9,10);2-5H,8H2,1H3;;1H3;1H2. The summed E-state index contributed by atoms with van der Waals surface area (Å²) in [6, 6.07) is 45.1. The predicted molar refractivity (Wildman–Crippen MR) is 358 cm³/mol.